The molecule has 1 heterocycles. The van der Waals surface area contributed by atoms with Crippen molar-refractivity contribution in [1.82, 2.24) is 9.62 Å². The average Bonchev–Trinajstić information content (AvgIpc) is 2.87. The third-order valence-corrected chi connectivity index (χ3v) is 8.81. The lowest BCUT2D eigenvalue weighted by Gasteiger charge is -2.37. The van der Waals surface area contributed by atoms with Crippen molar-refractivity contribution in [3.63, 3.8) is 0 Å². The van der Waals surface area contributed by atoms with Gasteiger partial charge in [0.1, 0.15) is 6.04 Å². The molecule has 1 saturated heterocycles. The van der Waals surface area contributed by atoms with E-state index in [1.165, 1.54) is 0 Å². The first-order chi connectivity index (χ1) is 13.1. The highest BCUT2D eigenvalue weighted by Gasteiger charge is 2.66. The number of piperidine rings is 1. The van der Waals surface area contributed by atoms with Gasteiger partial charge in [-0.25, -0.2) is 8.42 Å². The Bertz CT molecular complexity index is 920. The fraction of sp³-hybridized carbons (Fsp3) is 0.696. The van der Waals surface area contributed by atoms with Crippen molar-refractivity contribution in [2.45, 2.75) is 79.3 Å². The van der Waals surface area contributed by atoms with Gasteiger partial charge in [0.05, 0.1) is 4.90 Å². The molecule has 5 nitrogen and oxygen atoms in total. The summed E-state index contributed by atoms with van der Waals surface area (Å²) in [6, 6.07) is 3.07. The minimum Gasteiger partial charge on any atom is -0.338 e. The molecule has 0 unspecified atom stereocenters. The molecule has 1 aliphatic carbocycles. The van der Waals surface area contributed by atoms with E-state index in [1.807, 2.05) is 44.7 Å². The number of rotatable bonds is 4. The van der Waals surface area contributed by atoms with Crippen molar-refractivity contribution in [2.24, 2.45) is 22.7 Å². The summed E-state index contributed by atoms with van der Waals surface area (Å²) in [5.74, 6) is 0.907. The Morgan fingerprint density at radius 1 is 1.17 bits per heavy atom. The maximum Gasteiger partial charge on any atom is 0.241 e. The molecule has 3 rings (SSSR count). The second kappa shape index (κ2) is 6.81. The van der Waals surface area contributed by atoms with Gasteiger partial charge < -0.3 is 4.90 Å². The van der Waals surface area contributed by atoms with E-state index in [-0.39, 0.29) is 22.3 Å². The summed E-state index contributed by atoms with van der Waals surface area (Å²) < 4.78 is 29.5. The third kappa shape index (κ3) is 3.74. The number of amides is 1. The molecule has 1 aromatic rings. The van der Waals surface area contributed by atoms with E-state index in [0.717, 1.165) is 5.56 Å². The fourth-order valence-electron chi connectivity index (χ4n) is 5.52. The van der Waals surface area contributed by atoms with Gasteiger partial charge in [0, 0.05) is 12.6 Å². The normalized spacial score (nSPS) is 26.9. The van der Waals surface area contributed by atoms with Crippen LogP contribution in [0.3, 0.4) is 0 Å². The molecular formula is C23H36N2O3S. The first-order valence-corrected chi connectivity index (χ1v) is 12.0. The van der Waals surface area contributed by atoms with E-state index in [4.69, 9.17) is 0 Å². The van der Waals surface area contributed by atoms with Gasteiger partial charge in [0.25, 0.3) is 0 Å². The Kier molecular flexibility index (Phi) is 5.23. The molecule has 1 N–H and O–H groups in total. The Balaban J connectivity index is 1.90. The summed E-state index contributed by atoms with van der Waals surface area (Å²) in [5.41, 5.74) is 2.16. The quantitative estimate of drug-likeness (QED) is 0.805. The van der Waals surface area contributed by atoms with Gasteiger partial charge >= 0.3 is 0 Å². The van der Waals surface area contributed by atoms with Gasteiger partial charge in [-0.2, -0.15) is 4.72 Å². The summed E-state index contributed by atoms with van der Waals surface area (Å²) in [5, 5.41) is 0. The molecule has 162 valence electrons. The van der Waals surface area contributed by atoms with Crippen molar-refractivity contribution in [2.75, 3.05) is 6.54 Å². The lowest BCUT2D eigenvalue weighted by Crippen LogP contribution is -2.56. The van der Waals surface area contributed by atoms with Crippen molar-refractivity contribution >= 4 is 15.9 Å². The van der Waals surface area contributed by atoms with Crippen LogP contribution >= 0.6 is 0 Å². The van der Waals surface area contributed by atoms with Gasteiger partial charge in [-0.3, -0.25) is 4.79 Å². The standard InChI is InChI=1S/C23H36N2O3S/c1-13-10-14(2)19(15(3)11-13)29(27,28)24-20(22(5,6)7)21(26)25-12-17-18(16(25)4)23(17,8)9/h10-11,16-18,20,24H,12H2,1-9H3/t16-,17+,18-,20-/m1/s1. The minimum atomic E-state index is -3.84. The van der Waals surface area contributed by atoms with Crippen LogP contribution in [0.25, 0.3) is 0 Å². The van der Waals surface area contributed by atoms with Crippen LogP contribution < -0.4 is 4.72 Å². The lowest BCUT2D eigenvalue weighted by molar-refractivity contribution is -0.137. The number of hydrogen-bond acceptors (Lipinski definition) is 3. The third-order valence-electron chi connectivity index (χ3n) is 7.09. The highest BCUT2D eigenvalue weighted by molar-refractivity contribution is 7.89. The Hall–Kier alpha value is -1.40. The summed E-state index contributed by atoms with van der Waals surface area (Å²) in [6.07, 6.45) is 0. The number of likely N-dealkylation sites (tertiary alicyclic amines) is 1. The topological polar surface area (TPSA) is 66.5 Å². The number of aryl methyl sites for hydroxylation is 3. The number of fused-ring (bicyclic) bond motifs is 1. The Labute approximate surface area is 176 Å². The predicted octanol–water partition coefficient (Wildman–Crippen LogP) is 3.81. The molecular weight excluding hydrogens is 384 g/mol. The molecule has 0 bridgehead atoms. The summed E-state index contributed by atoms with van der Waals surface area (Å²) in [6.45, 7) is 18.6. The average molecular weight is 421 g/mol. The van der Waals surface area contributed by atoms with Crippen molar-refractivity contribution in [1.29, 1.82) is 0 Å². The van der Waals surface area contributed by atoms with Crippen LogP contribution in [0.2, 0.25) is 0 Å². The molecule has 0 aromatic heterocycles. The fourth-order valence-corrected chi connectivity index (χ4v) is 7.37. The van der Waals surface area contributed by atoms with Gasteiger partial charge in [-0.05, 0) is 61.5 Å². The van der Waals surface area contributed by atoms with E-state index in [9.17, 15) is 13.2 Å². The van der Waals surface area contributed by atoms with E-state index in [0.29, 0.717) is 29.5 Å². The molecule has 1 aliphatic heterocycles. The molecule has 2 aliphatic rings. The Morgan fingerprint density at radius 3 is 2.10 bits per heavy atom. The molecule has 0 spiro atoms. The first-order valence-electron chi connectivity index (χ1n) is 10.5. The molecule has 4 atom stereocenters. The number of nitrogens with zero attached hydrogens (tertiary/aromatic N) is 1. The van der Waals surface area contributed by atoms with E-state index >= 15 is 0 Å². The molecule has 2 fully saturated rings. The molecule has 1 saturated carbocycles. The monoisotopic (exact) mass is 420 g/mol. The van der Waals surface area contributed by atoms with E-state index < -0.39 is 21.5 Å². The predicted molar refractivity (Wildman–Crippen MR) is 116 cm³/mol. The highest BCUT2D eigenvalue weighted by atomic mass is 32.2. The van der Waals surface area contributed by atoms with E-state index in [1.54, 1.807) is 13.8 Å². The summed E-state index contributed by atoms with van der Waals surface area (Å²) >= 11 is 0. The minimum absolute atomic E-state index is 0.112. The molecule has 6 heteroatoms. The highest BCUT2D eigenvalue weighted by Crippen LogP contribution is 2.64. The number of carbonyl (C=O) groups is 1. The molecule has 29 heavy (non-hydrogen) atoms. The number of nitrogens with one attached hydrogen (secondary N) is 1. The first kappa shape index (κ1) is 22.3. The van der Waals surface area contributed by atoms with Crippen LogP contribution in [0.1, 0.15) is 58.2 Å². The van der Waals surface area contributed by atoms with Crippen LogP contribution in [0, 0.1) is 43.4 Å². The maximum absolute atomic E-state index is 13.5. The molecule has 1 amide bonds. The Morgan fingerprint density at radius 2 is 1.69 bits per heavy atom. The second-order valence-corrected chi connectivity index (χ2v) is 12.5. The van der Waals surface area contributed by atoms with Gasteiger partial charge in [-0.15, -0.1) is 0 Å². The molecule has 1 aromatic carbocycles. The van der Waals surface area contributed by atoms with E-state index in [2.05, 4.69) is 25.5 Å². The number of carbonyl (C=O) groups excluding carboxylic acids is 1. The smallest absolute Gasteiger partial charge is 0.241 e. The number of benzene rings is 1. The van der Waals surface area contributed by atoms with Crippen LogP contribution in [-0.2, 0) is 14.8 Å². The van der Waals surface area contributed by atoms with Gasteiger partial charge in [0.15, 0.2) is 0 Å². The zero-order valence-corrected chi connectivity index (χ0v) is 20.1. The van der Waals surface area contributed by atoms with Crippen LogP contribution in [-0.4, -0.2) is 37.9 Å². The second-order valence-electron chi connectivity index (χ2n) is 10.8. The number of sulfonamides is 1. The lowest BCUT2D eigenvalue weighted by atomic mass is 9.86. The SMILES string of the molecule is Cc1cc(C)c(S(=O)(=O)N[C@H](C(=O)N2C[C@H]3[C@@H]([C@H]2C)C3(C)C)C(C)(C)C)c(C)c1. The summed E-state index contributed by atoms with van der Waals surface area (Å²) in [4.78, 5) is 15.7. The van der Waals surface area contributed by atoms with Crippen molar-refractivity contribution in [3.8, 4) is 0 Å². The maximum atomic E-state index is 13.5. The van der Waals surface area contributed by atoms with Crippen LogP contribution in [0.15, 0.2) is 17.0 Å². The van der Waals surface area contributed by atoms with Crippen molar-refractivity contribution < 1.29 is 13.2 Å². The van der Waals surface area contributed by atoms with Crippen molar-refractivity contribution in [3.05, 3.63) is 28.8 Å². The van der Waals surface area contributed by atoms with Crippen LogP contribution in [0.4, 0.5) is 0 Å². The van der Waals surface area contributed by atoms with Crippen LogP contribution in [0.5, 0.6) is 0 Å². The van der Waals surface area contributed by atoms with Gasteiger partial charge in [-0.1, -0.05) is 52.3 Å². The number of hydrogen-bond donors (Lipinski definition) is 1. The molecule has 0 radical (unpaired) electrons. The zero-order valence-electron chi connectivity index (χ0n) is 19.3. The van der Waals surface area contributed by atoms with Gasteiger partial charge in [0.2, 0.25) is 15.9 Å². The largest absolute Gasteiger partial charge is 0.338 e. The summed E-state index contributed by atoms with van der Waals surface area (Å²) in [7, 11) is -3.84. The zero-order chi connectivity index (χ0) is 22.1.